The zero-order chi connectivity index (χ0) is 20.8. The number of anilines is 1. The first-order valence-corrected chi connectivity index (χ1v) is 9.58. The summed E-state index contributed by atoms with van der Waals surface area (Å²) in [5.41, 5.74) is 4.15. The van der Waals surface area contributed by atoms with Crippen molar-refractivity contribution in [2.75, 3.05) is 5.32 Å². The number of aromatic amines is 1. The van der Waals surface area contributed by atoms with Crippen LogP contribution in [-0.2, 0) is 12.1 Å². The van der Waals surface area contributed by atoms with Gasteiger partial charge in [0.15, 0.2) is 5.65 Å². The molecule has 8 heteroatoms. The predicted octanol–water partition coefficient (Wildman–Crippen LogP) is 3.29. The van der Waals surface area contributed by atoms with Crippen LogP contribution in [0.4, 0.5) is 5.95 Å². The summed E-state index contributed by atoms with van der Waals surface area (Å²) >= 11 is 0. The number of benzene rings is 1. The Kier molecular flexibility index (Phi) is 4.49. The average molecular weight is 391 g/mol. The van der Waals surface area contributed by atoms with E-state index >= 15 is 0 Å². The number of rotatable bonds is 4. The Hall–Kier alpha value is -3.42. The first-order valence-electron chi connectivity index (χ1n) is 9.58. The van der Waals surface area contributed by atoms with Crippen molar-refractivity contribution in [3.63, 3.8) is 0 Å². The fourth-order valence-electron chi connectivity index (χ4n) is 3.42. The molecule has 8 nitrogen and oxygen atoms in total. The molecule has 0 saturated heterocycles. The molecule has 0 aliphatic rings. The largest absolute Gasteiger partial charge is 0.351 e. The summed E-state index contributed by atoms with van der Waals surface area (Å²) in [6.07, 6.45) is 1.56. The van der Waals surface area contributed by atoms with E-state index in [1.165, 1.54) is 0 Å². The maximum absolute atomic E-state index is 12.5. The van der Waals surface area contributed by atoms with Crippen LogP contribution in [-0.4, -0.2) is 29.5 Å². The van der Waals surface area contributed by atoms with E-state index in [-0.39, 0.29) is 11.1 Å². The summed E-state index contributed by atoms with van der Waals surface area (Å²) in [5, 5.41) is 12.7. The Bertz CT molecular complexity index is 1230. The fourth-order valence-corrected chi connectivity index (χ4v) is 3.42. The molecule has 3 heterocycles. The second-order valence-corrected chi connectivity index (χ2v) is 8.13. The summed E-state index contributed by atoms with van der Waals surface area (Å²) in [6.45, 7) is 10.6. The molecule has 0 atom stereocenters. The molecular formula is C21H25N7O. The number of nitrogens with zero attached hydrogens (tertiary/aromatic N) is 5. The van der Waals surface area contributed by atoms with Crippen molar-refractivity contribution in [2.24, 2.45) is 0 Å². The Morgan fingerprint density at radius 2 is 1.86 bits per heavy atom. The highest BCUT2D eigenvalue weighted by Gasteiger charge is 2.20. The highest BCUT2D eigenvalue weighted by Crippen LogP contribution is 2.21. The quantitative estimate of drug-likeness (QED) is 0.557. The molecule has 4 aromatic rings. The van der Waals surface area contributed by atoms with Gasteiger partial charge in [-0.05, 0) is 46.8 Å². The van der Waals surface area contributed by atoms with E-state index < -0.39 is 0 Å². The van der Waals surface area contributed by atoms with Gasteiger partial charge in [-0.1, -0.05) is 18.2 Å². The van der Waals surface area contributed by atoms with Crippen LogP contribution in [0.3, 0.4) is 0 Å². The molecule has 4 rings (SSSR count). The number of fused-ring (bicyclic) bond motifs is 1. The van der Waals surface area contributed by atoms with Gasteiger partial charge >= 0.3 is 0 Å². The van der Waals surface area contributed by atoms with Crippen LogP contribution >= 0.6 is 0 Å². The van der Waals surface area contributed by atoms with Crippen LogP contribution in [0.1, 0.15) is 37.7 Å². The summed E-state index contributed by atoms with van der Waals surface area (Å²) in [4.78, 5) is 19.9. The van der Waals surface area contributed by atoms with Gasteiger partial charge in [0.2, 0.25) is 5.95 Å². The number of hydrogen-bond donors (Lipinski definition) is 2. The van der Waals surface area contributed by atoms with Crippen molar-refractivity contribution < 1.29 is 0 Å². The molecule has 0 amide bonds. The number of aryl methyl sites for hydroxylation is 1. The second kappa shape index (κ2) is 6.88. The monoisotopic (exact) mass is 391 g/mol. The lowest BCUT2D eigenvalue weighted by Gasteiger charge is -2.19. The smallest absolute Gasteiger partial charge is 0.263 e. The van der Waals surface area contributed by atoms with Crippen LogP contribution in [0.25, 0.3) is 16.7 Å². The van der Waals surface area contributed by atoms with Gasteiger partial charge in [0.1, 0.15) is 5.39 Å². The minimum Gasteiger partial charge on any atom is -0.351 e. The van der Waals surface area contributed by atoms with Gasteiger partial charge in [-0.3, -0.25) is 9.78 Å². The Morgan fingerprint density at radius 3 is 2.55 bits per heavy atom. The first kappa shape index (κ1) is 18.9. The number of H-pyrrole nitrogens is 1. The van der Waals surface area contributed by atoms with Gasteiger partial charge in [-0.25, -0.2) is 9.36 Å². The van der Waals surface area contributed by atoms with Crippen LogP contribution in [0.2, 0.25) is 0 Å². The SMILES string of the molecule is Cc1nn(-c2ccccc2)c(C)c1CNc1nc2c(cnn2C(C)(C)C)c(=O)[nH]1. The molecular weight excluding hydrogens is 366 g/mol. The van der Waals surface area contributed by atoms with Crippen molar-refractivity contribution in [1.82, 2.24) is 29.5 Å². The molecule has 1 aromatic carbocycles. The standard InChI is InChI=1S/C21H25N7O/c1-13-16(14(2)27(26-13)15-9-7-6-8-10-15)11-22-20-24-18-17(19(29)25-20)12-23-28(18)21(3,4)5/h6-10,12H,11H2,1-5H3,(H2,22,24,25,29). The molecule has 29 heavy (non-hydrogen) atoms. The van der Waals surface area contributed by atoms with E-state index in [9.17, 15) is 4.79 Å². The zero-order valence-corrected chi connectivity index (χ0v) is 17.3. The Morgan fingerprint density at radius 1 is 1.14 bits per heavy atom. The molecule has 0 aliphatic heterocycles. The lowest BCUT2D eigenvalue weighted by molar-refractivity contribution is 0.366. The van der Waals surface area contributed by atoms with Crippen LogP contribution < -0.4 is 10.9 Å². The zero-order valence-electron chi connectivity index (χ0n) is 17.3. The van der Waals surface area contributed by atoms with Crippen molar-refractivity contribution in [3.8, 4) is 5.69 Å². The topological polar surface area (TPSA) is 93.4 Å². The molecule has 0 bridgehead atoms. The minimum atomic E-state index is -0.274. The molecule has 0 spiro atoms. The van der Waals surface area contributed by atoms with Crippen LogP contribution in [0.5, 0.6) is 0 Å². The number of hydrogen-bond acceptors (Lipinski definition) is 5. The van der Waals surface area contributed by atoms with E-state index in [0.717, 1.165) is 22.6 Å². The summed E-state index contributed by atoms with van der Waals surface area (Å²) in [5.74, 6) is 0.416. The third-order valence-corrected chi connectivity index (χ3v) is 4.95. The highest BCUT2D eigenvalue weighted by molar-refractivity contribution is 5.74. The second-order valence-electron chi connectivity index (χ2n) is 8.13. The normalized spacial score (nSPS) is 11.9. The van der Waals surface area contributed by atoms with Gasteiger partial charge in [0.05, 0.1) is 23.1 Å². The van der Waals surface area contributed by atoms with Crippen LogP contribution in [0.15, 0.2) is 41.3 Å². The Balaban J connectivity index is 1.66. The molecule has 0 unspecified atom stereocenters. The number of nitrogens with one attached hydrogen (secondary N) is 2. The van der Waals surface area contributed by atoms with Crippen molar-refractivity contribution >= 4 is 17.0 Å². The predicted molar refractivity (Wildman–Crippen MR) is 114 cm³/mol. The molecule has 0 fully saturated rings. The minimum absolute atomic E-state index is 0.207. The summed E-state index contributed by atoms with van der Waals surface area (Å²) in [6, 6.07) is 10.0. The highest BCUT2D eigenvalue weighted by atomic mass is 16.1. The Labute approximate surface area is 168 Å². The van der Waals surface area contributed by atoms with Gasteiger partial charge in [0, 0.05) is 17.8 Å². The van der Waals surface area contributed by atoms with Crippen molar-refractivity contribution in [1.29, 1.82) is 0 Å². The van der Waals surface area contributed by atoms with Gasteiger partial charge in [-0.2, -0.15) is 15.2 Å². The molecule has 0 saturated carbocycles. The lowest BCUT2D eigenvalue weighted by atomic mass is 10.1. The van der Waals surface area contributed by atoms with E-state index in [1.54, 1.807) is 10.9 Å². The van der Waals surface area contributed by atoms with Gasteiger partial charge in [0.25, 0.3) is 5.56 Å². The third kappa shape index (κ3) is 3.41. The average Bonchev–Trinajstić information content (AvgIpc) is 3.22. The number of para-hydroxylation sites is 1. The molecule has 150 valence electrons. The van der Waals surface area contributed by atoms with Crippen LogP contribution in [0, 0.1) is 13.8 Å². The van der Waals surface area contributed by atoms with E-state index in [0.29, 0.717) is 23.5 Å². The maximum atomic E-state index is 12.5. The maximum Gasteiger partial charge on any atom is 0.263 e. The van der Waals surface area contributed by atoms with Gasteiger partial charge < -0.3 is 5.32 Å². The first-order chi connectivity index (χ1) is 13.8. The fraction of sp³-hybridized carbons (Fsp3) is 0.333. The van der Waals surface area contributed by atoms with Crippen molar-refractivity contribution in [2.45, 2.75) is 46.7 Å². The van der Waals surface area contributed by atoms with E-state index in [4.69, 9.17) is 0 Å². The molecule has 3 aromatic heterocycles. The number of aromatic nitrogens is 6. The summed E-state index contributed by atoms with van der Waals surface area (Å²) < 4.78 is 3.70. The molecule has 0 aliphatic carbocycles. The summed E-state index contributed by atoms with van der Waals surface area (Å²) in [7, 11) is 0. The molecule has 0 radical (unpaired) electrons. The lowest BCUT2D eigenvalue weighted by Crippen LogP contribution is -2.24. The van der Waals surface area contributed by atoms with E-state index in [2.05, 4.69) is 25.5 Å². The molecule has 2 N–H and O–H groups in total. The third-order valence-electron chi connectivity index (χ3n) is 4.95. The van der Waals surface area contributed by atoms with Crippen molar-refractivity contribution in [3.05, 3.63) is 63.8 Å². The van der Waals surface area contributed by atoms with E-state index in [1.807, 2.05) is 69.6 Å². The van der Waals surface area contributed by atoms with Gasteiger partial charge in [-0.15, -0.1) is 0 Å².